The average molecular weight is 305 g/mol. The van der Waals surface area contributed by atoms with Crippen LogP contribution in [0.1, 0.15) is 26.7 Å². The fraction of sp³-hybridized carbons (Fsp3) is 0.538. The van der Waals surface area contributed by atoms with Crippen LogP contribution in [0.25, 0.3) is 0 Å². The van der Waals surface area contributed by atoms with E-state index in [9.17, 15) is 22.3 Å². The Kier molecular flexibility index (Phi) is 3.88. The van der Waals surface area contributed by atoms with Crippen LogP contribution in [0, 0.1) is 11.6 Å². The van der Waals surface area contributed by atoms with Crippen molar-refractivity contribution < 1.29 is 22.3 Å². The molecule has 1 aromatic rings. The second kappa shape index (κ2) is 5.05. The van der Waals surface area contributed by atoms with Gasteiger partial charge in [-0.2, -0.15) is 4.31 Å². The highest BCUT2D eigenvalue weighted by Gasteiger charge is 2.43. The fourth-order valence-electron chi connectivity index (χ4n) is 2.53. The van der Waals surface area contributed by atoms with Crippen molar-refractivity contribution in [2.75, 3.05) is 6.54 Å². The number of benzene rings is 1. The van der Waals surface area contributed by atoms with Crippen molar-refractivity contribution in [3.63, 3.8) is 0 Å². The first-order valence-corrected chi connectivity index (χ1v) is 7.77. The number of rotatable bonds is 3. The van der Waals surface area contributed by atoms with Gasteiger partial charge >= 0.3 is 0 Å². The molecule has 1 N–H and O–H groups in total. The molecule has 1 aliphatic rings. The number of halogens is 2. The summed E-state index contributed by atoms with van der Waals surface area (Å²) >= 11 is 0. The molecule has 0 aromatic heterocycles. The molecule has 1 atom stereocenters. The molecule has 1 unspecified atom stereocenters. The molecule has 0 bridgehead atoms. The molecule has 1 saturated heterocycles. The van der Waals surface area contributed by atoms with Crippen molar-refractivity contribution in [3.8, 4) is 0 Å². The first kappa shape index (κ1) is 15.3. The molecular weight excluding hydrogens is 288 g/mol. The van der Waals surface area contributed by atoms with E-state index in [1.165, 1.54) is 13.8 Å². The Balaban J connectivity index is 2.47. The summed E-state index contributed by atoms with van der Waals surface area (Å²) < 4.78 is 52.9. The quantitative estimate of drug-likeness (QED) is 0.928. The number of hydrogen-bond donors (Lipinski definition) is 1. The summed E-state index contributed by atoms with van der Waals surface area (Å²) in [6.07, 6.45) is 1.06. The van der Waals surface area contributed by atoms with E-state index in [0.29, 0.717) is 18.9 Å². The zero-order valence-electron chi connectivity index (χ0n) is 11.3. The summed E-state index contributed by atoms with van der Waals surface area (Å²) in [5.41, 5.74) is -1.24. The zero-order chi connectivity index (χ0) is 15.1. The molecule has 1 aliphatic heterocycles. The lowest BCUT2D eigenvalue weighted by atomic mass is 9.98. The van der Waals surface area contributed by atoms with Crippen molar-refractivity contribution in [2.24, 2.45) is 0 Å². The standard InChI is InChI=1S/C13H17F2NO3S/c1-13(2,17)12-4-3-7-16(12)20(18,19)11-8-9(14)5-6-10(11)15/h5-6,8,12,17H,3-4,7H2,1-2H3. The largest absolute Gasteiger partial charge is 0.389 e. The smallest absolute Gasteiger partial charge is 0.246 e. The minimum Gasteiger partial charge on any atom is -0.389 e. The SMILES string of the molecule is CC(C)(O)C1CCCN1S(=O)(=O)c1cc(F)ccc1F. The van der Waals surface area contributed by atoms with Gasteiger partial charge in [-0.05, 0) is 44.9 Å². The molecular formula is C13H17F2NO3S. The van der Waals surface area contributed by atoms with Crippen LogP contribution in [0.3, 0.4) is 0 Å². The van der Waals surface area contributed by atoms with Crippen LogP contribution in [-0.2, 0) is 10.0 Å². The van der Waals surface area contributed by atoms with Crippen LogP contribution in [0.2, 0.25) is 0 Å². The van der Waals surface area contributed by atoms with Gasteiger partial charge in [0.2, 0.25) is 10.0 Å². The lowest BCUT2D eigenvalue weighted by Crippen LogP contribution is -2.48. The molecule has 112 valence electrons. The normalized spacial score (nSPS) is 21.4. The summed E-state index contributed by atoms with van der Waals surface area (Å²) in [6.45, 7) is 3.20. The van der Waals surface area contributed by atoms with Gasteiger partial charge in [-0.1, -0.05) is 0 Å². The highest BCUT2D eigenvalue weighted by molar-refractivity contribution is 7.89. The maximum atomic E-state index is 13.7. The Morgan fingerprint density at radius 3 is 2.60 bits per heavy atom. The van der Waals surface area contributed by atoms with Gasteiger partial charge in [0, 0.05) is 6.54 Å². The topological polar surface area (TPSA) is 57.6 Å². The first-order valence-electron chi connectivity index (χ1n) is 6.33. The van der Waals surface area contributed by atoms with E-state index in [2.05, 4.69) is 0 Å². The van der Waals surface area contributed by atoms with E-state index in [1.54, 1.807) is 0 Å². The van der Waals surface area contributed by atoms with Crippen molar-refractivity contribution in [2.45, 2.75) is 43.2 Å². The van der Waals surface area contributed by atoms with E-state index in [-0.39, 0.29) is 6.54 Å². The molecule has 0 aliphatic carbocycles. The second-order valence-corrected chi connectivity index (χ2v) is 7.36. The average Bonchev–Trinajstić information content (AvgIpc) is 2.81. The maximum absolute atomic E-state index is 13.7. The third-order valence-electron chi connectivity index (χ3n) is 3.50. The van der Waals surface area contributed by atoms with Crippen LogP contribution in [0.5, 0.6) is 0 Å². The summed E-state index contributed by atoms with van der Waals surface area (Å²) in [4.78, 5) is -0.686. The molecule has 0 radical (unpaired) electrons. The number of hydrogen-bond acceptors (Lipinski definition) is 3. The predicted molar refractivity (Wildman–Crippen MR) is 69.6 cm³/mol. The summed E-state index contributed by atoms with van der Waals surface area (Å²) in [5, 5.41) is 10.0. The monoisotopic (exact) mass is 305 g/mol. The van der Waals surface area contributed by atoms with E-state index in [0.717, 1.165) is 16.4 Å². The van der Waals surface area contributed by atoms with Gasteiger partial charge in [0.1, 0.15) is 16.5 Å². The van der Waals surface area contributed by atoms with Crippen molar-refractivity contribution in [3.05, 3.63) is 29.8 Å². The molecule has 0 amide bonds. The molecule has 1 fully saturated rings. The van der Waals surface area contributed by atoms with Gasteiger partial charge in [0.25, 0.3) is 0 Å². The third-order valence-corrected chi connectivity index (χ3v) is 5.42. The Hall–Kier alpha value is -1.05. The fourth-order valence-corrected chi connectivity index (χ4v) is 4.43. The molecule has 7 heteroatoms. The van der Waals surface area contributed by atoms with E-state index >= 15 is 0 Å². The maximum Gasteiger partial charge on any atom is 0.246 e. The van der Waals surface area contributed by atoms with E-state index in [4.69, 9.17) is 0 Å². The lowest BCUT2D eigenvalue weighted by Gasteiger charge is -2.33. The molecule has 4 nitrogen and oxygen atoms in total. The van der Waals surface area contributed by atoms with E-state index < -0.39 is 38.2 Å². The van der Waals surface area contributed by atoms with Crippen molar-refractivity contribution >= 4 is 10.0 Å². The number of aliphatic hydroxyl groups is 1. The lowest BCUT2D eigenvalue weighted by molar-refractivity contribution is 0.0214. The van der Waals surface area contributed by atoms with Gasteiger partial charge < -0.3 is 5.11 Å². The minimum absolute atomic E-state index is 0.187. The van der Waals surface area contributed by atoms with Crippen molar-refractivity contribution in [1.82, 2.24) is 4.31 Å². The van der Waals surface area contributed by atoms with Gasteiger partial charge in [-0.15, -0.1) is 0 Å². The van der Waals surface area contributed by atoms with Crippen LogP contribution in [0.4, 0.5) is 8.78 Å². The molecule has 20 heavy (non-hydrogen) atoms. The Morgan fingerprint density at radius 2 is 2.00 bits per heavy atom. The Bertz CT molecular complexity index is 611. The first-order chi connectivity index (χ1) is 9.14. The zero-order valence-corrected chi connectivity index (χ0v) is 12.1. The molecule has 1 aromatic carbocycles. The highest BCUT2D eigenvalue weighted by atomic mass is 32.2. The predicted octanol–water partition coefficient (Wildman–Crippen LogP) is 1.89. The third kappa shape index (κ3) is 2.70. The summed E-state index contributed by atoms with van der Waals surface area (Å²) in [6, 6.07) is 1.68. The molecule has 2 rings (SSSR count). The molecule has 1 heterocycles. The van der Waals surface area contributed by atoms with Crippen LogP contribution >= 0.6 is 0 Å². The van der Waals surface area contributed by atoms with E-state index in [1.807, 2.05) is 0 Å². The highest BCUT2D eigenvalue weighted by Crippen LogP contribution is 2.32. The van der Waals surface area contributed by atoms with Gasteiger partial charge in [-0.25, -0.2) is 17.2 Å². The van der Waals surface area contributed by atoms with Crippen LogP contribution < -0.4 is 0 Å². The Labute approximate surface area is 117 Å². The molecule has 0 spiro atoms. The number of sulfonamides is 1. The van der Waals surface area contributed by atoms with Crippen LogP contribution in [0.15, 0.2) is 23.1 Å². The van der Waals surface area contributed by atoms with Gasteiger partial charge in [0.15, 0.2) is 0 Å². The van der Waals surface area contributed by atoms with Gasteiger partial charge in [-0.3, -0.25) is 0 Å². The van der Waals surface area contributed by atoms with Crippen molar-refractivity contribution in [1.29, 1.82) is 0 Å². The second-order valence-electron chi connectivity index (χ2n) is 5.50. The van der Waals surface area contributed by atoms with Crippen LogP contribution in [-0.4, -0.2) is 36.0 Å². The Morgan fingerprint density at radius 1 is 1.35 bits per heavy atom. The minimum atomic E-state index is -4.17. The summed E-state index contributed by atoms with van der Waals surface area (Å²) in [7, 11) is -4.17. The van der Waals surface area contributed by atoms with Gasteiger partial charge in [0.05, 0.1) is 11.6 Å². The molecule has 0 saturated carbocycles. The number of nitrogens with zero attached hydrogens (tertiary/aromatic N) is 1. The summed E-state index contributed by atoms with van der Waals surface area (Å²) in [5.74, 6) is -1.81.